The SMILES string of the molecule is CCOC(=O)C1=C(c2ccccc2)N=c2s/c(=C\c3cccc(OC)c3OCc3ccccc3C#N)c(=O)n2[C@@H]1c1cccs1. The fourth-order valence-electron chi connectivity index (χ4n) is 5.16. The number of esters is 1. The molecule has 45 heavy (non-hydrogen) atoms. The lowest BCUT2D eigenvalue weighted by atomic mass is 9.97. The van der Waals surface area contributed by atoms with Gasteiger partial charge < -0.3 is 14.2 Å². The Hall–Kier alpha value is -5.24. The number of carbonyl (C=O) groups excluding carboxylic acids is 1. The maximum absolute atomic E-state index is 14.2. The predicted molar refractivity (Wildman–Crippen MR) is 174 cm³/mol. The van der Waals surface area contributed by atoms with Gasteiger partial charge in [-0.3, -0.25) is 9.36 Å². The molecular weight excluding hydrogens is 607 g/mol. The third-order valence-corrected chi connectivity index (χ3v) is 9.12. The van der Waals surface area contributed by atoms with Crippen LogP contribution < -0.4 is 24.4 Å². The number of benzene rings is 3. The van der Waals surface area contributed by atoms with Gasteiger partial charge in [-0.15, -0.1) is 11.3 Å². The van der Waals surface area contributed by atoms with Gasteiger partial charge in [0.1, 0.15) is 12.6 Å². The van der Waals surface area contributed by atoms with Crippen molar-refractivity contribution in [2.75, 3.05) is 13.7 Å². The molecule has 5 aromatic rings. The van der Waals surface area contributed by atoms with Crippen molar-refractivity contribution >= 4 is 40.4 Å². The molecule has 0 aliphatic carbocycles. The molecule has 2 aromatic heterocycles. The average molecular weight is 634 g/mol. The van der Waals surface area contributed by atoms with Gasteiger partial charge in [-0.25, -0.2) is 9.79 Å². The van der Waals surface area contributed by atoms with Crippen LogP contribution >= 0.6 is 22.7 Å². The molecule has 0 N–H and O–H groups in total. The van der Waals surface area contributed by atoms with Crippen LogP contribution in [0.5, 0.6) is 11.5 Å². The zero-order chi connectivity index (χ0) is 31.3. The Kier molecular flexibility index (Phi) is 8.73. The average Bonchev–Trinajstić information content (AvgIpc) is 3.72. The highest BCUT2D eigenvalue weighted by Gasteiger charge is 2.35. The van der Waals surface area contributed by atoms with E-state index in [1.54, 1.807) is 42.9 Å². The van der Waals surface area contributed by atoms with E-state index in [1.165, 1.54) is 22.7 Å². The Morgan fingerprint density at radius 2 is 1.84 bits per heavy atom. The standard InChI is InChI=1S/C35H27N3O5S2/c1-3-42-34(40)29-30(22-11-5-4-6-12-22)37-35-38(31(29)27-17-10-18-44-27)33(39)28(45-35)19-23-15-9-16-26(41-2)32(23)43-21-25-14-8-7-13-24(25)20-36/h4-19,31H,3,21H2,1-2H3/b28-19-/t31-/m1/s1. The van der Waals surface area contributed by atoms with Gasteiger partial charge in [0.25, 0.3) is 5.56 Å². The van der Waals surface area contributed by atoms with Crippen molar-refractivity contribution in [3.8, 4) is 17.6 Å². The summed E-state index contributed by atoms with van der Waals surface area (Å²) in [6.07, 6.45) is 1.75. The highest BCUT2D eigenvalue weighted by atomic mass is 32.1. The highest BCUT2D eigenvalue weighted by molar-refractivity contribution is 7.10. The van der Waals surface area contributed by atoms with Gasteiger partial charge in [-0.1, -0.05) is 78.1 Å². The number of rotatable bonds is 9. The number of methoxy groups -OCH3 is 1. The second-order valence-corrected chi connectivity index (χ2v) is 11.9. The van der Waals surface area contributed by atoms with Gasteiger partial charge >= 0.3 is 5.97 Å². The molecule has 0 unspecified atom stereocenters. The zero-order valence-electron chi connectivity index (χ0n) is 24.4. The second-order valence-electron chi connectivity index (χ2n) is 9.88. The fourth-order valence-corrected chi connectivity index (χ4v) is 6.98. The summed E-state index contributed by atoms with van der Waals surface area (Å²) in [5, 5.41) is 11.4. The lowest BCUT2D eigenvalue weighted by Gasteiger charge is -2.24. The lowest BCUT2D eigenvalue weighted by Crippen LogP contribution is -2.39. The molecule has 6 rings (SSSR count). The molecule has 0 saturated heterocycles. The van der Waals surface area contributed by atoms with Crippen LogP contribution in [-0.4, -0.2) is 24.3 Å². The van der Waals surface area contributed by atoms with Crippen molar-refractivity contribution in [3.63, 3.8) is 0 Å². The third-order valence-electron chi connectivity index (χ3n) is 7.21. The number of ether oxygens (including phenoxy) is 3. The topological polar surface area (TPSA) is 103 Å². The maximum atomic E-state index is 14.2. The van der Waals surface area contributed by atoms with Crippen molar-refractivity contribution in [3.05, 3.63) is 143 Å². The number of nitrogens with zero attached hydrogens (tertiary/aromatic N) is 3. The first-order valence-electron chi connectivity index (χ1n) is 14.1. The minimum atomic E-state index is -0.721. The van der Waals surface area contributed by atoms with Crippen molar-refractivity contribution in [1.29, 1.82) is 5.26 Å². The molecule has 0 fully saturated rings. The van der Waals surface area contributed by atoms with Crippen LogP contribution in [0.3, 0.4) is 0 Å². The molecule has 224 valence electrons. The monoisotopic (exact) mass is 633 g/mol. The van der Waals surface area contributed by atoms with Gasteiger partial charge in [-0.2, -0.15) is 5.26 Å². The van der Waals surface area contributed by atoms with Gasteiger partial charge in [0.05, 0.1) is 41.2 Å². The number of hydrogen-bond acceptors (Lipinski definition) is 9. The second kappa shape index (κ2) is 13.2. The summed E-state index contributed by atoms with van der Waals surface area (Å²) in [5.74, 6) is 0.401. The molecule has 8 nitrogen and oxygen atoms in total. The Labute approximate surface area is 267 Å². The van der Waals surface area contributed by atoms with Crippen LogP contribution in [0.15, 0.2) is 106 Å². The van der Waals surface area contributed by atoms with E-state index in [0.29, 0.717) is 43.2 Å². The summed E-state index contributed by atoms with van der Waals surface area (Å²) in [4.78, 5) is 33.9. The van der Waals surface area contributed by atoms with Crippen LogP contribution in [0.1, 0.15) is 40.1 Å². The molecule has 10 heteroatoms. The number of aromatic nitrogens is 1. The quantitative estimate of drug-likeness (QED) is 0.200. The molecule has 0 saturated carbocycles. The molecule has 0 radical (unpaired) electrons. The summed E-state index contributed by atoms with van der Waals surface area (Å²) in [6.45, 7) is 2.07. The minimum Gasteiger partial charge on any atom is -0.493 e. The summed E-state index contributed by atoms with van der Waals surface area (Å²) in [7, 11) is 1.55. The molecule has 0 spiro atoms. The van der Waals surface area contributed by atoms with Crippen LogP contribution in [0.2, 0.25) is 0 Å². The Bertz CT molecular complexity index is 2120. The molecular formula is C35H27N3O5S2. The van der Waals surface area contributed by atoms with Crippen molar-refractivity contribution < 1.29 is 19.0 Å². The first-order chi connectivity index (χ1) is 22.0. The third kappa shape index (κ3) is 5.83. The number of para-hydroxylation sites is 1. The van der Waals surface area contributed by atoms with Gasteiger partial charge in [0.15, 0.2) is 16.3 Å². The summed E-state index contributed by atoms with van der Waals surface area (Å²) >= 11 is 2.69. The van der Waals surface area contributed by atoms with Gasteiger partial charge in [-0.05, 0) is 36.6 Å². The summed E-state index contributed by atoms with van der Waals surface area (Å²) in [6, 6.07) is 27.4. The Balaban J connectivity index is 1.53. The largest absolute Gasteiger partial charge is 0.493 e. The Morgan fingerprint density at radius 3 is 2.58 bits per heavy atom. The van der Waals surface area contributed by atoms with E-state index in [2.05, 4.69) is 6.07 Å². The first-order valence-corrected chi connectivity index (χ1v) is 15.8. The van der Waals surface area contributed by atoms with E-state index >= 15 is 0 Å². The number of carbonyl (C=O) groups is 1. The smallest absolute Gasteiger partial charge is 0.338 e. The van der Waals surface area contributed by atoms with E-state index in [9.17, 15) is 14.9 Å². The molecule has 3 heterocycles. The van der Waals surface area contributed by atoms with E-state index in [0.717, 1.165) is 16.0 Å². The predicted octanol–water partition coefficient (Wildman–Crippen LogP) is 5.46. The van der Waals surface area contributed by atoms with Crippen LogP contribution in [0.25, 0.3) is 11.8 Å². The van der Waals surface area contributed by atoms with Crippen molar-refractivity contribution in [1.82, 2.24) is 4.57 Å². The maximum Gasteiger partial charge on any atom is 0.338 e. The normalized spacial score (nSPS) is 14.3. The fraction of sp³-hybridized carbons (Fsp3) is 0.143. The Morgan fingerprint density at radius 1 is 1.04 bits per heavy atom. The van der Waals surface area contributed by atoms with E-state index in [-0.39, 0.29) is 18.8 Å². The minimum absolute atomic E-state index is 0.133. The van der Waals surface area contributed by atoms with Crippen LogP contribution in [0, 0.1) is 11.3 Å². The molecule has 1 aliphatic rings. The number of thiazole rings is 1. The molecule has 0 amide bonds. The van der Waals surface area contributed by atoms with Crippen molar-refractivity contribution in [2.45, 2.75) is 19.6 Å². The van der Waals surface area contributed by atoms with E-state index in [1.807, 2.05) is 72.1 Å². The summed E-state index contributed by atoms with van der Waals surface area (Å²) in [5.41, 5.74) is 3.10. The highest BCUT2D eigenvalue weighted by Crippen LogP contribution is 2.37. The zero-order valence-corrected chi connectivity index (χ0v) is 26.1. The molecule has 3 aromatic carbocycles. The van der Waals surface area contributed by atoms with Crippen molar-refractivity contribution in [2.24, 2.45) is 4.99 Å². The molecule has 1 atom stereocenters. The first kappa shape index (κ1) is 29.8. The van der Waals surface area contributed by atoms with E-state index < -0.39 is 12.0 Å². The number of hydrogen-bond donors (Lipinski definition) is 0. The molecule has 0 bridgehead atoms. The lowest BCUT2D eigenvalue weighted by molar-refractivity contribution is -0.138. The van der Waals surface area contributed by atoms with Crippen LogP contribution in [-0.2, 0) is 16.1 Å². The number of fused-ring (bicyclic) bond motifs is 1. The van der Waals surface area contributed by atoms with Crippen LogP contribution in [0.4, 0.5) is 0 Å². The molecule has 1 aliphatic heterocycles. The summed E-state index contributed by atoms with van der Waals surface area (Å²) < 4.78 is 19.3. The van der Waals surface area contributed by atoms with Gasteiger partial charge in [0.2, 0.25) is 0 Å². The number of nitriles is 1. The number of thiophene rings is 1. The van der Waals surface area contributed by atoms with Gasteiger partial charge in [0, 0.05) is 21.6 Å². The van der Waals surface area contributed by atoms with E-state index in [4.69, 9.17) is 19.2 Å².